The Bertz CT molecular complexity index is 607. The van der Waals surface area contributed by atoms with Gasteiger partial charge in [-0.1, -0.05) is 12.1 Å². The lowest BCUT2D eigenvalue weighted by molar-refractivity contribution is 0.0785. The first-order valence-corrected chi connectivity index (χ1v) is 7.30. The lowest BCUT2D eigenvalue weighted by Crippen LogP contribution is -2.28. The number of aryl methyl sites for hydroxylation is 1. The van der Waals surface area contributed by atoms with Gasteiger partial charge < -0.3 is 9.80 Å². The predicted octanol–water partition coefficient (Wildman–Crippen LogP) is 2.79. The summed E-state index contributed by atoms with van der Waals surface area (Å²) in [6.07, 6.45) is 0. The van der Waals surface area contributed by atoms with Gasteiger partial charge in [-0.05, 0) is 19.1 Å². The van der Waals surface area contributed by atoms with Crippen LogP contribution in [-0.4, -0.2) is 36.9 Å². The summed E-state index contributed by atoms with van der Waals surface area (Å²) in [6, 6.07) is 7.65. The number of hydrogen-bond donors (Lipinski definition) is 0. The van der Waals surface area contributed by atoms with E-state index in [2.05, 4.69) is 4.98 Å². The largest absolute Gasteiger partial charge is 0.377 e. The maximum absolute atomic E-state index is 12.6. The molecule has 0 atom stereocenters. The second kappa shape index (κ2) is 6.05. The van der Waals surface area contributed by atoms with Crippen molar-refractivity contribution in [2.75, 3.05) is 26.0 Å². The summed E-state index contributed by atoms with van der Waals surface area (Å²) < 4.78 is 0. The number of thiazole rings is 1. The molecule has 0 unspecified atom stereocenters. The first-order valence-electron chi connectivity index (χ1n) is 6.42. The number of nitrogens with zero attached hydrogens (tertiary/aromatic N) is 3. The molecular weight excluding hydrogens is 270 g/mol. The van der Waals surface area contributed by atoms with E-state index in [1.54, 1.807) is 16.2 Å². The fraction of sp³-hybridized carbons (Fsp3) is 0.333. The molecule has 0 N–H and O–H groups in total. The van der Waals surface area contributed by atoms with Crippen LogP contribution in [0.3, 0.4) is 0 Å². The van der Waals surface area contributed by atoms with E-state index in [1.807, 2.05) is 62.6 Å². The molecule has 0 radical (unpaired) electrons. The van der Waals surface area contributed by atoms with E-state index >= 15 is 0 Å². The van der Waals surface area contributed by atoms with Gasteiger partial charge in [0.2, 0.25) is 0 Å². The SMILES string of the molecule is Cc1csc(CN(C)C(=O)c2ccccc2N(C)C)n1. The van der Waals surface area contributed by atoms with Crippen LogP contribution < -0.4 is 4.90 Å². The van der Waals surface area contributed by atoms with Crippen LogP contribution in [-0.2, 0) is 6.54 Å². The zero-order chi connectivity index (χ0) is 14.7. The van der Waals surface area contributed by atoms with Crippen LogP contribution in [0.2, 0.25) is 0 Å². The Kier molecular flexibility index (Phi) is 4.39. The van der Waals surface area contributed by atoms with Crippen molar-refractivity contribution in [2.24, 2.45) is 0 Å². The number of aromatic nitrogens is 1. The molecule has 1 aromatic heterocycles. The second-order valence-electron chi connectivity index (χ2n) is 4.96. The molecule has 0 saturated heterocycles. The lowest BCUT2D eigenvalue weighted by atomic mass is 10.1. The molecule has 0 bridgehead atoms. The third-order valence-corrected chi connectivity index (χ3v) is 3.95. The number of benzene rings is 1. The average molecular weight is 289 g/mol. The van der Waals surface area contributed by atoms with Crippen molar-refractivity contribution in [3.63, 3.8) is 0 Å². The molecule has 0 aliphatic carbocycles. The first-order chi connectivity index (χ1) is 9.49. The molecule has 1 heterocycles. The van der Waals surface area contributed by atoms with Crippen molar-refractivity contribution in [3.05, 3.63) is 45.9 Å². The van der Waals surface area contributed by atoms with Crippen LogP contribution in [0.15, 0.2) is 29.6 Å². The molecule has 0 saturated carbocycles. The van der Waals surface area contributed by atoms with Crippen molar-refractivity contribution in [3.8, 4) is 0 Å². The summed E-state index contributed by atoms with van der Waals surface area (Å²) >= 11 is 1.59. The summed E-state index contributed by atoms with van der Waals surface area (Å²) in [5.74, 6) is 0.0159. The quantitative estimate of drug-likeness (QED) is 0.868. The normalized spacial score (nSPS) is 10.4. The first kappa shape index (κ1) is 14.5. The van der Waals surface area contributed by atoms with Crippen molar-refractivity contribution in [1.82, 2.24) is 9.88 Å². The molecule has 2 aromatic rings. The molecule has 1 aromatic carbocycles. The Labute approximate surface area is 123 Å². The minimum Gasteiger partial charge on any atom is -0.377 e. The van der Waals surface area contributed by atoms with Gasteiger partial charge in [-0.2, -0.15) is 0 Å². The number of carbonyl (C=O) groups is 1. The van der Waals surface area contributed by atoms with Crippen LogP contribution in [0.25, 0.3) is 0 Å². The third kappa shape index (κ3) is 3.17. The fourth-order valence-corrected chi connectivity index (χ4v) is 2.82. The molecule has 0 spiro atoms. The van der Waals surface area contributed by atoms with Crippen molar-refractivity contribution < 1.29 is 4.79 Å². The van der Waals surface area contributed by atoms with Gasteiger partial charge in [0, 0.05) is 37.9 Å². The molecule has 0 fully saturated rings. The topological polar surface area (TPSA) is 36.4 Å². The number of carbonyl (C=O) groups excluding carboxylic acids is 1. The minimum absolute atomic E-state index is 0.0159. The Morgan fingerprint density at radius 3 is 2.55 bits per heavy atom. The van der Waals surface area contributed by atoms with Gasteiger partial charge in [-0.15, -0.1) is 11.3 Å². The summed E-state index contributed by atoms with van der Waals surface area (Å²) in [5, 5.41) is 2.96. The van der Waals surface area contributed by atoms with Gasteiger partial charge in [0.25, 0.3) is 5.91 Å². The Morgan fingerprint density at radius 1 is 1.25 bits per heavy atom. The maximum Gasteiger partial charge on any atom is 0.256 e. The zero-order valence-electron chi connectivity index (χ0n) is 12.3. The molecule has 0 aliphatic heterocycles. The molecule has 0 aliphatic rings. The summed E-state index contributed by atoms with van der Waals surface area (Å²) in [6.45, 7) is 2.50. The summed E-state index contributed by atoms with van der Waals surface area (Å²) in [5.41, 5.74) is 2.65. The van der Waals surface area contributed by atoms with E-state index in [0.717, 1.165) is 16.4 Å². The molecule has 20 heavy (non-hydrogen) atoms. The molecular formula is C15H19N3OS. The molecule has 5 heteroatoms. The van der Waals surface area contributed by atoms with Crippen LogP contribution in [0.5, 0.6) is 0 Å². The van der Waals surface area contributed by atoms with Crippen LogP contribution in [0.1, 0.15) is 21.1 Å². The number of hydrogen-bond acceptors (Lipinski definition) is 4. The highest BCUT2D eigenvalue weighted by atomic mass is 32.1. The standard InChI is InChI=1S/C15H19N3OS/c1-11-10-20-14(16-11)9-18(4)15(19)12-7-5-6-8-13(12)17(2)3/h5-8,10H,9H2,1-4H3. The molecule has 106 valence electrons. The van der Waals surface area contributed by atoms with Crippen molar-refractivity contribution in [1.29, 1.82) is 0 Å². The number of amides is 1. The predicted molar refractivity (Wildman–Crippen MR) is 83.4 cm³/mol. The highest BCUT2D eigenvalue weighted by Crippen LogP contribution is 2.20. The van der Waals surface area contributed by atoms with Gasteiger partial charge >= 0.3 is 0 Å². The van der Waals surface area contributed by atoms with Crippen molar-refractivity contribution >= 4 is 22.9 Å². The van der Waals surface area contributed by atoms with Gasteiger partial charge in [0.05, 0.1) is 12.1 Å². The Balaban J connectivity index is 2.18. The van der Waals surface area contributed by atoms with E-state index < -0.39 is 0 Å². The lowest BCUT2D eigenvalue weighted by Gasteiger charge is -2.21. The highest BCUT2D eigenvalue weighted by molar-refractivity contribution is 7.09. The van der Waals surface area contributed by atoms with Gasteiger partial charge in [0.15, 0.2) is 0 Å². The van der Waals surface area contributed by atoms with E-state index in [-0.39, 0.29) is 5.91 Å². The van der Waals surface area contributed by atoms with E-state index in [4.69, 9.17) is 0 Å². The van der Waals surface area contributed by atoms with E-state index in [0.29, 0.717) is 12.1 Å². The van der Waals surface area contributed by atoms with E-state index in [9.17, 15) is 4.79 Å². The second-order valence-corrected chi connectivity index (χ2v) is 5.90. The summed E-state index contributed by atoms with van der Waals surface area (Å²) in [4.78, 5) is 20.6. The van der Waals surface area contributed by atoms with Crippen molar-refractivity contribution in [2.45, 2.75) is 13.5 Å². The van der Waals surface area contributed by atoms with Gasteiger partial charge in [0.1, 0.15) is 5.01 Å². The summed E-state index contributed by atoms with van der Waals surface area (Å²) in [7, 11) is 5.69. The van der Waals surface area contributed by atoms with Crippen LogP contribution in [0, 0.1) is 6.92 Å². The highest BCUT2D eigenvalue weighted by Gasteiger charge is 2.17. The van der Waals surface area contributed by atoms with E-state index in [1.165, 1.54) is 0 Å². The molecule has 4 nitrogen and oxygen atoms in total. The Morgan fingerprint density at radius 2 is 1.95 bits per heavy atom. The van der Waals surface area contributed by atoms with Gasteiger partial charge in [-0.25, -0.2) is 4.98 Å². The smallest absolute Gasteiger partial charge is 0.256 e. The minimum atomic E-state index is 0.0159. The van der Waals surface area contributed by atoms with Crippen LogP contribution >= 0.6 is 11.3 Å². The monoisotopic (exact) mass is 289 g/mol. The molecule has 1 amide bonds. The number of rotatable bonds is 4. The average Bonchev–Trinajstić information content (AvgIpc) is 2.83. The third-order valence-electron chi connectivity index (χ3n) is 3.00. The number of para-hydroxylation sites is 1. The maximum atomic E-state index is 12.6. The Hall–Kier alpha value is -1.88. The van der Waals surface area contributed by atoms with Gasteiger partial charge in [-0.3, -0.25) is 4.79 Å². The number of anilines is 1. The molecule has 2 rings (SSSR count). The fourth-order valence-electron chi connectivity index (χ4n) is 2.00. The zero-order valence-corrected chi connectivity index (χ0v) is 13.1. The van der Waals surface area contributed by atoms with Crippen LogP contribution in [0.4, 0.5) is 5.69 Å².